The van der Waals surface area contributed by atoms with Crippen LogP contribution in [0.25, 0.3) is 16.5 Å². The van der Waals surface area contributed by atoms with Crippen LogP contribution < -0.4 is 4.74 Å². The van der Waals surface area contributed by atoms with Crippen LogP contribution in [0.2, 0.25) is 0 Å². The molecule has 1 aliphatic carbocycles. The third-order valence-electron chi connectivity index (χ3n) is 4.46. The molecule has 1 atom stereocenters. The highest BCUT2D eigenvalue weighted by atomic mass is 19.4. The van der Waals surface area contributed by atoms with E-state index in [1.807, 2.05) is 0 Å². The molecular weight excluding hydrogens is 335 g/mol. The third kappa shape index (κ3) is 3.45. The predicted molar refractivity (Wildman–Crippen MR) is 86.6 cm³/mol. The van der Waals surface area contributed by atoms with Gasteiger partial charge in [-0.2, -0.15) is 13.2 Å². The number of methoxy groups -OCH3 is 1. The Morgan fingerprint density at radius 1 is 1.32 bits per heavy atom. The number of allylic oxidation sites excluding steroid dienone is 2. The lowest BCUT2D eigenvalue weighted by Crippen LogP contribution is -2.24. The van der Waals surface area contributed by atoms with E-state index in [1.54, 1.807) is 18.2 Å². The van der Waals surface area contributed by atoms with E-state index in [0.717, 1.165) is 5.57 Å². The van der Waals surface area contributed by atoms with Crippen LogP contribution in [0.5, 0.6) is 5.75 Å². The zero-order valence-corrected chi connectivity index (χ0v) is 13.4. The highest BCUT2D eigenvalue weighted by Gasteiger charge is 2.39. The molecule has 0 saturated carbocycles. The number of carboxylic acids is 1. The number of aromatic nitrogens is 1. The number of hydrogen-bond donors (Lipinski definition) is 1. The van der Waals surface area contributed by atoms with E-state index in [2.05, 4.69) is 4.98 Å². The van der Waals surface area contributed by atoms with E-state index in [-0.39, 0.29) is 24.8 Å². The van der Waals surface area contributed by atoms with Gasteiger partial charge >= 0.3 is 12.1 Å². The quantitative estimate of drug-likeness (QED) is 0.872. The predicted octanol–water partition coefficient (Wildman–Crippen LogP) is 4.69. The monoisotopic (exact) mass is 351 g/mol. The van der Waals surface area contributed by atoms with Crippen molar-refractivity contribution in [3.63, 3.8) is 0 Å². The van der Waals surface area contributed by atoms with E-state index in [0.29, 0.717) is 22.2 Å². The molecule has 1 heterocycles. The largest absolute Gasteiger partial charge is 0.497 e. The molecule has 2 aromatic rings. The number of carboxylic acid groups (broad SMARTS) is 1. The van der Waals surface area contributed by atoms with E-state index in [4.69, 9.17) is 9.84 Å². The summed E-state index contributed by atoms with van der Waals surface area (Å²) in [4.78, 5) is 15.3. The zero-order valence-electron chi connectivity index (χ0n) is 13.4. The molecule has 0 fully saturated rings. The number of halogens is 3. The molecule has 4 nitrogen and oxygen atoms in total. The molecule has 0 radical (unpaired) electrons. The molecule has 0 aliphatic heterocycles. The number of hydrogen-bond acceptors (Lipinski definition) is 3. The lowest BCUT2D eigenvalue weighted by molar-refractivity contribution is -0.175. The van der Waals surface area contributed by atoms with Gasteiger partial charge in [-0.25, -0.2) is 4.79 Å². The molecule has 0 bridgehead atoms. The fourth-order valence-electron chi connectivity index (χ4n) is 3.08. The van der Waals surface area contributed by atoms with Gasteiger partial charge in [-0.15, -0.1) is 0 Å². The van der Waals surface area contributed by atoms with E-state index >= 15 is 0 Å². The molecule has 25 heavy (non-hydrogen) atoms. The summed E-state index contributed by atoms with van der Waals surface area (Å²) in [6.45, 7) is 0. The van der Waals surface area contributed by atoms with Gasteiger partial charge in [0.1, 0.15) is 5.75 Å². The number of ether oxygens (including phenoxy) is 1. The number of carbonyl (C=O) groups is 1. The molecule has 0 saturated heterocycles. The highest BCUT2D eigenvalue weighted by molar-refractivity contribution is 5.97. The Hall–Kier alpha value is -2.57. The van der Waals surface area contributed by atoms with Gasteiger partial charge in [-0.1, -0.05) is 6.08 Å². The van der Waals surface area contributed by atoms with Crippen molar-refractivity contribution in [1.29, 1.82) is 0 Å². The number of rotatable bonds is 3. The summed E-state index contributed by atoms with van der Waals surface area (Å²) in [6, 6.07) is 4.88. The summed E-state index contributed by atoms with van der Waals surface area (Å²) in [5, 5.41) is 9.68. The molecule has 7 heteroatoms. The molecule has 132 valence electrons. The van der Waals surface area contributed by atoms with Crippen molar-refractivity contribution in [1.82, 2.24) is 4.98 Å². The summed E-state index contributed by atoms with van der Waals surface area (Å²) in [5.41, 5.74) is 2.07. The Morgan fingerprint density at radius 3 is 2.64 bits per heavy atom. The van der Waals surface area contributed by atoms with Crippen LogP contribution >= 0.6 is 0 Å². The summed E-state index contributed by atoms with van der Waals surface area (Å²) < 4.78 is 43.8. The minimum absolute atomic E-state index is 0.0290. The van der Waals surface area contributed by atoms with Gasteiger partial charge in [-0.05, 0) is 43.0 Å². The number of fused-ring (bicyclic) bond motifs is 1. The van der Waals surface area contributed by atoms with Crippen molar-refractivity contribution in [2.75, 3.05) is 7.11 Å². The van der Waals surface area contributed by atoms with Crippen molar-refractivity contribution in [3.05, 3.63) is 41.6 Å². The number of pyridine rings is 1. The number of nitrogens with zero attached hydrogens (tertiary/aromatic N) is 1. The van der Waals surface area contributed by atoms with E-state index in [9.17, 15) is 18.0 Å². The molecule has 1 unspecified atom stereocenters. The molecule has 1 aromatic heterocycles. The summed E-state index contributed by atoms with van der Waals surface area (Å²) in [6.07, 6.45) is -1.08. The Labute approximate surface area is 141 Å². The molecule has 0 amide bonds. The number of aromatic carboxylic acids is 1. The second-order valence-corrected chi connectivity index (χ2v) is 6.02. The minimum atomic E-state index is -4.19. The minimum Gasteiger partial charge on any atom is -0.497 e. The molecule has 0 spiro atoms. The second kappa shape index (κ2) is 6.38. The highest BCUT2D eigenvalue weighted by Crippen LogP contribution is 2.41. The standard InChI is InChI=1S/C18H16F3NO3/c1-25-14-7-11-6-12(17(23)24)9-22-16(11)15(8-14)10-2-4-13(5-3-10)18(19,20)21/h2,6-9,13H,3-5H2,1H3,(H,23,24). The Balaban J connectivity index is 2.07. The van der Waals surface area contributed by atoms with E-state index < -0.39 is 18.1 Å². The Morgan fingerprint density at radius 2 is 2.08 bits per heavy atom. The first kappa shape index (κ1) is 17.3. The Bertz CT molecular complexity index is 859. The average Bonchev–Trinajstić information content (AvgIpc) is 2.59. The second-order valence-electron chi connectivity index (χ2n) is 6.02. The first-order valence-corrected chi connectivity index (χ1v) is 7.77. The van der Waals surface area contributed by atoms with Crippen LogP contribution in [-0.2, 0) is 0 Å². The Kier molecular flexibility index (Phi) is 4.41. The fraction of sp³-hybridized carbons (Fsp3) is 0.333. The van der Waals surface area contributed by atoms with Gasteiger partial charge in [0.2, 0.25) is 0 Å². The first-order chi connectivity index (χ1) is 11.8. The van der Waals surface area contributed by atoms with Gasteiger partial charge in [0, 0.05) is 17.1 Å². The third-order valence-corrected chi connectivity index (χ3v) is 4.46. The van der Waals surface area contributed by atoms with Gasteiger partial charge < -0.3 is 9.84 Å². The van der Waals surface area contributed by atoms with Gasteiger partial charge in [0.05, 0.1) is 24.1 Å². The van der Waals surface area contributed by atoms with Crippen LogP contribution in [0.4, 0.5) is 13.2 Å². The van der Waals surface area contributed by atoms with Crippen LogP contribution in [0.3, 0.4) is 0 Å². The van der Waals surface area contributed by atoms with Crippen molar-refractivity contribution in [2.45, 2.75) is 25.4 Å². The smallest absolute Gasteiger partial charge is 0.392 e. The topological polar surface area (TPSA) is 59.4 Å². The van der Waals surface area contributed by atoms with Crippen molar-refractivity contribution in [2.24, 2.45) is 5.92 Å². The summed E-state index contributed by atoms with van der Waals surface area (Å²) >= 11 is 0. The van der Waals surface area contributed by atoms with Crippen LogP contribution in [0, 0.1) is 5.92 Å². The normalized spacial score (nSPS) is 18.1. The van der Waals surface area contributed by atoms with Crippen LogP contribution in [-0.4, -0.2) is 29.3 Å². The molecule has 1 N–H and O–H groups in total. The van der Waals surface area contributed by atoms with Crippen molar-refractivity contribution < 1.29 is 27.8 Å². The maximum absolute atomic E-state index is 12.8. The van der Waals surface area contributed by atoms with Crippen LogP contribution in [0.1, 0.15) is 35.2 Å². The molecule has 3 rings (SSSR count). The lowest BCUT2D eigenvalue weighted by atomic mass is 9.85. The van der Waals surface area contributed by atoms with Gasteiger partial charge in [0.25, 0.3) is 0 Å². The van der Waals surface area contributed by atoms with Crippen molar-refractivity contribution >= 4 is 22.4 Å². The maximum atomic E-state index is 12.8. The number of alkyl halides is 3. The van der Waals surface area contributed by atoms with Crippen LogP contribution in [0.15, 0.2) is 30.5 Å². The SMILES string of the molecule is COc1cc(C2=CCC(C(F)(F)F)CC2)c2ncc(C(=O)O)cc2c1. The van der Waals surface area contributed by atoms with Crippen molar-refractivity contribution in [3.8, 4) is 5.75 Å². The van der Waals surface area contributed by atoms with Gasteiger partial charge in [-0.3, -0.25) is 4.98 Å². The maximum Gasteiger partial charge on any atom is 0.392 e. The lowest BCUT2D eigenvalue weighted by Gasteiger charge is -2.24. The molecular formula is C18H16F3NO3. The molecule has 1 aromatic carbocycles. The van der Waals surface area contributed by atoms with E-state index in [1.165, 1.54) is 19.4 Å². The summed E-state index contributed by atoms with van der Waals surface area (Å²) in [7, 11) is 1.48. The van der Waals surface area contributed by atoms with Gasteiger partial charge in [0.15, 0.2) is 0 Å². The zero-order chi connectivity index (χ0) is 18.2. The number of benzene rings is 1. The first-order valence-electron chi connectivity index (χ1n) is 7.77. The fourth-order valence-corrected chi connectivity index (χ4v) is 3.08. The average molecular weight is 351 g/mol. The summed E-state index contributed by atoms with van der Waals surface area (Å²) in [5.74, 6) is -1.91. The molecule has 1 aliphatic rings.